The van der Waals surface area contributed by atoms with Gasteiger partial charge in [0.2, 0.25) is 0 Å². The Morgan fingerprint density at radius 2 is 1.86 bits per heavy atom. The van der Waals surface area contributed by atoms with Gasteiger partial charge in [0, 0.05) is 13.1 Å². The first-order valence-electron chi connectivity index (χ1n) is 8.42. The fourth-order valence-corrected chi connectivity index (χ4v) is 2.66. The molecule has 1 aliphatic rings. The largest absolute Gasteiger partial charge is 0.445 e. The first-order valence-corrected chi connectivity index (χ1v) is 8.42. The molecule has 1 amide bonds. The summed E-state index contributed by atoms with van der Waals surface area (Å²) in [5.41, 5.74) is 1.28. The molecule has 1 aromatic carbocycles. The summed E-state index contributed by atoms with van der Waals surface area (Å²) in [6.45, 7) is 12.7. The second-order valence-electron chi connectivity index (χ2n) is 6.69. The van der Waals surface area contributed by atoms with Gasteiger partial charge < -0.3 is 9.64 Å². The molecule has 3 heteroatoms. The van der Waals surface area contributed by atoms with Crippen molar-refractivity contribution in [1.82, 2.24) is 4.90 Å². The summed E-state index contributed by atoms with van der Waals surface area (Å²) in [6.07, 6.45) is 2.09. The molecule has 1 atom stereocenters. The predicted molar refractivity (Wildman–Crippen MR) is 91.7 cm³/mol. The van der Waals surface area contributed by atoms with Crippen molar-refractivity contribution in [2.75, 3.05) is 13.1 Å². The third-order valence-electron chi connectivity index (χ3n) is 4.11. The van der Waals surface area contributed by atoms with Crippen molar-refractivity contribution in [1.29, 1.82) is 0 Å². The van der Waals surface area contributed by atoms with Crippen molar-refractivity contribution in [3.8, 4) is 0 Å². The van der Waals surface area contributed by atoms with Crippen LogP contribution in [0.2, 0.25) is 0 Å². The van der Waals surface area contributed by atoms with Crippen LogP contribution in [-0.4, -0.2) is 24.1 Å². The second-order valence-corrected chi connectivity index (χ2v) is 6.69. The maximum absolute atomic E-state index is 12.1. The molecule has 0 saturated carbocycles. The zero-order valence-electron chi connectivity index (χ0n) is 14.8. The van der Waals surface area contributed by atoms with Crippen LogP contribution in [0.1, 0.15) is 53.0 Å². The predicted octanol–water partition coefficient (Wildman–Crippen LogP) is 5.11. The molecule has 1 unspecified atom stereocenters. The van der Waals surface area contributed by atoms with Crippen molar-refractivity contribution in [2.24, 2.45) is 11.3 Å². The number of piperidine rings is 1. The van der Waals surface area contributed by atoms with E-state index in [1.54, 1.807) is 0 Å². The number of rotatable bonds is 2. The zero-order valence-corrected chi connectivity index (χ0v) is 14.8. The fraction of sp³-hybridized carbons (Fsp3) is 0.632. The quantitative estimate of drug-likeness (QED) is 0.760. The highest BCUT2D eigenvalue weighted by Gasteiger charge is 2.31. The van der Waals surface area contributed by atoms with Crippen LogP contribution in [0.3, 0.4) is 0 Å². The number of benzene rings is 1. The second kappa shape index (κ2) is 8.82. The first-order chi connectivity index (χ1) is 10.5. The summed E-state index contributed by atoms with van der Waals surface area (Å²) in [7, 11) is 0. The van der Waals surface area contributed by atoms with Crippen LogP contribution in [0.5, 0.6) is 0 Å². The molecule has 0 N–H and O–H groups in total. The molecular weight excluding hydrogens is 274 g/mol. The monoisotopic (exact) mass is 305 g/mol. The lowest BCUT2D eigenvalue weighted by molar-refractivity contribution is 0.0589. The van der Waals surface area contributed by atoms with Gasteiger partial charge in [-0.25, -0.2) is 4.79 Å². The summed E-state index contributed by atoms with van der Waals surface area (Å²) < 4.78 is 5.42. The van der Waals surface area contributed by atoms with Gasteiger partial charge in [-0.05, 0) is 29.7 Å². The standard InChI is InChI=1S/C17H25NO2.C2H6/c1-17(2,3)15-10-7-11-18(12-15)16(19)20-13-14-8-5-4-6-9-14;1-2/h4-6,8-9,15H,7,10-13H2,1-3H3;1-2H3. The summed E-state index contributed by atoms with van der Waals surface area (Å²) in [5.74, 6) is 0.556. The molecule has 0 spiro atoms. The maximum atomic E-state index is 12.1. The van der Waals surface area contributed by atoms with Gasteiger partial charge in [-0.1, -0.05) is 65.0 Å². The molecular formula is C19H31NO2. The Hall–Kier alpha value is -1.51. The molecule has 1 saturated heterocycles. The Kier molecular flexibility index (Phi) is 7.43. The Morgan fingerprint density at radius 3 is 2.45 bits per heavy atom. The van der Waals surface area contributed by atoms with E-state index in [2.05, 4.69) is 20.8 Å². The minimum Gasteiger partial charge on any atom is -0.445 e. The average Bonchev–Trinajstić information content (AvgIpc) is 2.55. The number of amides is 1. The smallest absolute Gasteiger partial charge is 0.410 e. The minimum atomic E-state index is -0.178. The van der Waals surface area contributed by atoms with Gasteiger partial charge in [-0.3, -0.25) is 0 Å². The van der Waals surface area contributed by atoms with Gasteiger partial charge in [0.15, 0.2) is 0 Å². The van der Waals surface area contributed by atoms with E-state index < -0.39 is 0 Å². The Balaban J connectivity index is 0.00000116. The lowest BCUT2D eigenvalue weighted by atomic mass is 9.76. The van der Waals surface area contributed by atoms with Gasteiger partial charge in [0.05, 0.1) is 0 Å². The van der Waals surface area contributed by atoms with E-state index in [0.29, 0.717) is 12.5 Å². The minimum absolute atomic E-state index is 0.178. The summed E-state index contributed by atoms with van der Waals surface area (Å²) >= 11 is 0. The van der Waals surface area contributed by atoms with Crippen LogP contribution < -0.4 is 0 Å². The highest BCUT2D eigenvalue weighted by atomic mass is 16.6. The molecule has 22 heavy (non-hydrogen) atoms. The van der Waals surface area contributed by atoms with E-state index in [-0.39, 0.29) is 11.5 Å². The van der Waals surface area contributed by atoms with E-state index in [1.165, 1.54) is 6.42 Å². The van der Waals surface area contributed by atoms with Crippen LogP contribution in [0.25, 0.3) is 0 Å². The van der Waals surface area contributed by atoms with Gasteiger partial charge in [-0.2, -0.15) is 0 Å². The van der Waals surface area contributed by atoms with Crippen molar-refractivity contribution in [3.63, 3.8) is 0 Å². The van der Waals surface area contributed by atoms with Gasteiger partial charge in [-0.15, -0.1) is 0 Å². The topological polar surface area (TPSA) is 29.5 Å². The number of hydrogen-bond acceptors (Lipinski definition) is 2. The molecule has 1 heterocycles. The van der Waals surface area contributed by atoms with E-state index in [1.807, 2.05) is 49.1 Å². The molecule has 0 bridgehead atoms. The summed E-state index contributed by atoms with van der Waals surface area (Å²) in [6, 6.07) is 9.83. The van der Waals surface area contributed by atoms with Gasteiger partial charge >= 0.3 is 6.09 Å². The Morgan fingerprint density at radius 1 is 1.23 bits per heavy atom. The Labute approximate surface area is 135 Å². The highest BCUT2D eigenvalue weighted by Crippen LogP contribution is 2.33. The summed E-state index contributed by atoms with van der Waals surface area (Å²) in [5, 5.41) is 0. The number of carbonyl (C=O) groups excluding carboxylic acids is 1. The lowest BCUT2D eigenvalue weighted by Gasteiger charge is -2.39. The van der Waals surface area contributed by atoms with Crippen molar-refractivity contribution in [3.05, 3.63) is 35.9 Å². The molecule has 124 valence electrons. The number of ether oxygens (including phenoxy) is 1. The van der Waals surface area contributed by atoms with Crippen molar-refractivity contribution < 1.29 is 9.53 Å². The molecule has 0 aliphatic carbocycles. The Bertz CT molecular complexity index is 436. The van der Waals surface area contributed by atoms with E-state index in [0.717, 1.165) is 25.1 Å². The molecule has 1 aliphatic heterocycles. The molecule has 0 aromatic heterocycles. The van der Waals surface area contributed by atoms with E-state index >= 15 is 0 Å². The molecule has 0 radical (unpaired) electrons. The SMILES string of the molecule is CC.CC(C)(C)C1CCCN(C(=O)OCc2ccccc2)C1. The lowest BCUT2D eigenvalue weighted by Crippen LogP contribution is -2.43. The molecule has 1 fully saturated rings. The number of likely N-dealkylation sites (tertiary alicyclic amines) is 1. The van der Waals surface area contributed by atoms with E-state index in [4.69, 9.17) is 4.74 Å². The molecule has 1 aromatic rings. The van der Waals surface area contributed by atoms with Gasteiger partial charge in [0.25, 0.3) is 0 Å². The number of hydrogen-bond donors (Lipinski definition) is 0. The van der Waals surface area contributed by atoms with Crippen LogP contribution in [0.4, 0.5) is 4.79 Å². The first kappa shape index (κ1) is 18.5. The highest BCUT2D eigenvalue weighted by molar-refractivity contribution is 5.67. The van der Waals surface area contributed by atoms with E-state index in [9.17, 15) is 4.79 Å². The zero-order chi connectivity index (χ0) is 16.6. The fourth-order valence-electron chi connectivity index (χ4n) is 2.66. The van der Waals surface area contributed by atoms with Gasteiger partial charge in [0.1, 0.15) is 6.61 Å². The molecule has 2 rings (SSSR count). The molecule has 3 nitrogen and oxygen atoms in total. The van der Waals surface area contributed by atoms with Crippen molar-refractivity contribution >= 4 is 6.09 Å². The average molecular weight is 305 g/mol. The van der Waals surface area contributed by atoms with Crippen LogP contribution >= 0.6 is 0 Å². The third kappa shape index (κ3) is 5.70. The number of nitrogens with zero attached hydrogens (tertiary/aromatic N) is 1. The van der Waals surface area contributed by atoms with Crippen molar-refractivity contribution in [2.45, 2.75) is 54.1 Å². The van der Waals surface area contributed by atoms with Crippen LogP contribution in [0, 0.1) is 11.3 Å². The van der Waals surface area contributed by atoms with Crippen LogP contribution in [-0.2, 0) is 11.3 Å². The maximum Gasteiger partial charge on any atom is 0.410 e. The summed E-state index contributed by atoms with van der Waals surface area (Å²) in [4.78, 5) is 14.0. The normalized spacial score (nSPS) is 18.2. The number of carbonyl (C=O) groups is 1. The van der Waals surface area contributed by atoms with Crippen LogP contribution in [0.15, 0.2) is 30.3 Å². The third-order valence-corrected chi connectivity index (χ3v) is 4.11.